The van der Waals surface area contributed by atoms with E-state index in [4.69, 9.17) is 53.1 Å². The Morgan fingerprint density at radius 2 is 1.04 bits per heavy atom. The first-order valence-corrected chi connectivity index (χ1v) is 28.7. The average Bonchev–Trinajstić information content (AvgIpc) is 4.12. The van der Waals surface area contributed by atoms with E-state index < -0.39 is 134 Å². The summed E-state index contributed by atoms with van der Waals surface area (Å²) in [6.07, 6.45) is -19.7. The number of rotatable bonds is 24. The van der Waals surface area contributed by atoms with Crippen molar-refractivity contribution in [1.82, 2.24) is 15.5 Å². The third kappa shape index (κ3) is 17.0. The van der Waals surface area contributed by atoms with Gasteiger partial charge in [-0.25, -0.2) is 14.4 Å². The summed E-state index contributed by atoms with van der Waals surface area (Å²) in [5.41, 5.74) is 9.29. The maximum atomic E-state index is 14.0. The molecule has 1 aliphatic carbocycles. The lowest BCUT2D eigenvalue weighted by Crippen LogP contribution is -2.64. The minimum absolute atomic E-state index is 0.00581. The number of nitrogens with zero attached hydrogens (tertiary/aromatic N) is 1. The minimum Gasteiger partial charge on any atom is -0.445 e. The summed E-state index contributed by atoms with van der Waals surface area (Å²) >= 11 is 0. The number of aliphatic hydroxyl groups is 5. The number of amides is 3. The van der Waals surface area contributed by atoms with Gasteiger partial charge in [0, 0.05) is 38.0 Å². The lowest BCUT2D eigenvalue weighted by Gasteiger charge is -2.48. The summed E-state index contributed by atoms with van der Waals surface area (Å²) in [5.74, 6) is -2.24. The van der Waals surface area contributed by atoms with Crippen LogP contribution in [0, 0.1) is 17.8 Å². The highest BCUT2D eigenvalue weighted by molar-refractivity contribution is 5.68. The fourth-order valence-electron chi connectivity index (χ4n) is 10.8. The minimum atomic E-state index is -1.45. The summed E-state index contributed by atoms with van der Waals surface area (Å²) < 4.78 is 63.5. The van der Waals surface area contributed by atoms with Crippen LogP contribution in [0.25, 0.3) is 0 Å². The first-order chi connectivity index (χ1) is 40.1. The number of ether oxygens (including phenoxy) is 10. The Bertz CT molecular complexity index is 2580. The molecule has 22 heteroatoms. The maximum Gasteiger partial charge on any atom is 0.410 e. The topological polar surface area (TPSA) is 298 Å². The summed E-state index contributed by atoms with van der Waals surface area (Å²) in [4.78, 5) is 42.1. The molecule has 4 aromatic carbocycles. The Morgan fingerprint density at radius 3 is 1.59 bits per heavy atom. The maximum absolute atomic E-state index is 14.0. The molecule has 3 saturated heterocycles. The number of aliphatic hydroxyl groups excluding tert-OH is 5. The Hall–Kier alpha value is -5.83. The molecule has 83 heavy (non-hydrogen) atoms. The lowest BCUT2D eigenvalue weighted by molar-refractivity contribution is -0.321. The number of hydrogen-bond donors (Lipinski definition) is 8. The molecular formula is C61H82N4O18. The molecule has 3 amide bonds. The second-order valence-electron chi connectivity index (χ2n) is 21.8. The van der Waals surface area contributed by atoms with E-state index in [1.807, 2.05) is 116 Å². The van der Waals surface area contributed by atoms with E-state index in [9.17, 15) is 39.9 Å². The highest BCUT2D eigenvalue weighted by Gasteiger charge is 2.55. The van der Waals surface area contributed by atoms with Crippen LogP contribution in [0.3, 0.4) is 0 Å². The highest BCUT2D eigenvalue weighted by atomic mass is 16.8. The van der Waals surface area contributed by atoms with Gasteiger partial charge in [-0.2, -0.15) is 0 Å². The molecule has 0 unspecified atom stereocenters. The normalized spacial score (nSPS) is 32.5. The number of nitrogens with two attached hydrogens (primary N) is 1. The van der Waals surface area contributed by atoms with Gasteiger partial charge in [0.1, 0.15) is 68.7 Å². The molecule has 0 aromatic heterocycles. The van der Waals surface area contributed by atoms with Gasteiger partial charge in [-0.15, -0.1) is 0 Å². The highest BCUT2D eigenvalue weighted by Crippen LogP contribution is 2.40. The molecule has 19 atom stereocenters. The van der Waals surface area contributed by atoms with E-state index >= 15 is 0 Å². The summed E-state index contributed by atoms with van der Waals surface area (Å²) in [7, 11) is 0. The van der Waals surface area contributed by atoms with Gasteiger partial charge >= 0.3 is 18.3 Å². The SMILES string of the molecule is CC[C@H]1O[C@@H](O[C@@H]2[C@@H](O)[C@H](C)C[C@H](NC(=O)OCc3ccccc3)[C@H]2O[C@H]2O[C@H](CN)[C@@H](O)[C@H](O)[C@H]2C)[C@H](OCCN(CCc2ccccc2)C(=O)OCc2ccccc2)[C@@H]1O[C@H]1O[C@@H](CNC(=O)OCc2ccccc2)[C@@H](O)[C@H](O)[C@H]1C. The average molecular weight is 1160 g/mol. The van der Waals surface area contributed by atoms with Crippen LogP contribution in [0.4, 0.5) is 14.4 Å². The molecule has 8 rings (SSSR count). The van der Waals surface area contributed by atoms with Gasteiger partial charge in [-0.05, 0) is 47.4 Å². The molecule has 454 valence electrons. The standard InChI is InChI=1S/C61H82N4O18/c1-5-44-53(82-57-38(4)49(68)51(70)46(80-57)32-63-59(71)75-33-40-20-12-7-13-21-40)55(74-29-28-65(27-26-39-18-10-6-11-19-39)61(73)77-35-42-24-16-9-17-25-42)58(78-44)83-54-47(66)36(2)30-43(64-60(72)76-34-41-22-14-8-15-23-41)52(54)81-56-37(3)48(67)50(69)45(31-62)79-56/h6-25,36-38,43-58,66-70H,5,26-35,62H2,1-4H3,(H,63,71)(H,64,72)/t36-,37-,38-,43+,44-,45-,46+,47+,48-,49-,50-,51-,52-,53-,54-,55-,56-,57-,58+/m1/s1. The van der Waals surface area contributed by atoms with Crippen molar-refractivity contribution in [2.45, 2.75) is 165 Å². The van der Waals surface area contributed by atoms with E-state index in [0.29, 0.717) is 12.8 Å². The van der Waals surface area contributed by atoms with Crippen molar-refractivity contribution >= 4 is 18.3 Å². The third-order valence-electron chi connectivity index (χ3n) is 15.9. The van der Waals surface area contributed by atoms with Gasteiger partial charge < -0.3 is 94.2 Å². The van der Waals surface area contributed by atoms with Crippen LogP contribution >= 0.6 is 0 Å². The third-order valence-corrected chi connectivity index (χ3v) is 15.9. The van der Waals surface area contributed by atoms with Gasteiger partial charge in [0.05, 0.1) is 37.1 Å². The second-order valence-corrected chi connectivity index (χ2v) is 21.8. The lowest BCUT2D eigenvalue weighted by atomic mass is 9.80. The van der Waals surface area contributed by atoms with Crippen molar-refractivity contribution in [2.24, 2.45) is 23.5 Å². The number of nitrogens with one attached hydrogen (secondary N) is 2. The predicted molar refractivity (Wildman–Crippen MR) is 298 cm³/mol. The first kappa shape index (κ1) is 63.2. The van der Waals surface area contributed by atoms with Crippen LogP contribution in [0.2, 0.25) is 0 Å². The molecule has 0 spiro atoms. The Labute approximate surface area is 484 Å². The van der Waals surface area contributed by atoms with Crippen molar-refractivity contribution in [3.05, 3.63) is 144 Å². The van der Waals surface area contributed by atoms with Gasteiger partial charge in [-0.3, -0.25) is 0 Å². The Kier molecular flexibility index (Phi) is 23.5. The Balaban J connectivity index is 1.07. The van der Waals surface area contributed by atoms with Crippen molar-refractivity contribution in [3.63, 3.8) is 0 Å². The monoisotopic (exact) mass is 1160 g/mol. The first-order valence-electron chi connectivity index (χ1n) is 28.7. The molecule has 22 nitrogen and oxygen atoms in total. The van der Waals surface area contributed by atoms with E-state index in [0.717, 1.165) is 22.3 Å². The molecule has 1 saturated carbocycles. The van der Waals surface area contributed by atoms with E-state index in [1.54, 1.807) is 32.9 Å². The van der Waals surface area contributed by atoms with Crippen molar-refractivity contribution in [1.29, 1.82) is 0 Å². The molecule has 9 N–H and O–H groups in total. The molecule has 4 aromatic rings. The molecular weight excluding hydrogens is 1080 g/mol. The molecule has 0 bridgehead atoms. The number of hydrogen-bond acceptors (Lipinski definition) is 19. The molecule has 0 radical (unpaired) electrons. The van der Waals surface area contributed by atoms with Crippen LogP contribution in [0.1, 0.15) is 62.8 Å². The largest absolute Gasteiger partial charge is 0.445 e. The van der Waals surface area contributed by atoms with Crippen LogP contribution in [-0.2, 0) is 73.6 Å². The quantitative estimate of drug-likeness (QED) is 0.0454. The van der Waals surface area contributed by atoms with Gasteiger partial charge in [0.15, 0.2) is 18.9 Å². The number of alkyl carbamates (subject to hydrolysis) is 2. The zero-order valence-electron chi connectivity index (χ0n) is 47.4. The van der Waals surface area contributed by atoms with Crippen LogP contribution in [0.5, 0.6) is 0 Å². The number of carbonyl (C=O) groups excluding carboxylic acids is 3. The van der Waals surface area contributed by atoms with E-state index in [1.165, 1.54) is 4.90 Å². The van der Waals surface area contributed by atoms with Crippen molar-refractivity contribution in [2.75, 3.05) is 32.8 Å². The number of carbonyl (C=O) groups is 3. The van der Waals surface area contributed by atoms with Crippen molar-refractivity contribution < 1.29 is 87.3 Å². The van der Waals surface area contributed by atoms with Crippen LogP contribution in [-0.4, -0.2) is 180 Å². The summed E-state index contributed by atoms with van der Waals surface area (Å²) in [5, 5.41) is 62.7. The summed E-state index contributed by atoms with van der Waals surface area (Å²) in [6.45, 7) is 6.59. The van der Waals surface area contributed by atoms with Gasteiger partial charge in [-0.1, -0.05) is 149 Å². The second kappa shape index (κ2) is 30.8. The molecule has 4 fully saturated rings. The fraction of sp³-hybridized carbons (Fsp3) is 0.557. The smallest absolute Gasteiger partial charge is 0.410 e. The van der Waals surface area contributed by atoms with Crippen LogP contribution in [0.15, 0.2) is 121 Å². The zero-order valence-corrected chi connectivity index (χ0v) is 47.4. The number of benzene rings is 4. The van der Waals surface area contributed by atoms with Gasteiger partial charge in [0.25, 0.3) is 0 Å². The summed E-state index contributed by atoms with van der Waals surface area (Å²) in [6, 6.07) is 36.2. The molecule has 3 heterocycles. The van der Waals surface area contributed by atoms with Gasteiger partial charge in [0.2, 0.25) is 0 Å². The van der Waals surface area contributed by atoms with Crippen molar-refractivity contribution in [3.8, 4) is 0 Å². The molecule has 4 aliphatic rings. The predicted octanol–water partition coefficient (Wildman–Crippen LogP) is 4.29. The zero-order chi connectivity index (χ0) is 59.0. The van der Waals surface area contributed by atoms with E-state index in [-0.39, 0.29) is 59.0 Å². The fourth-order valence-corrected chi connectivity index (χ4v) is 10.8. The van der Waals surface area contributed by atoms with E-state index in [2.05, 4.69) is 10.6 Å². The van der Waals surface area contributed by atoms with Crippen LogP contribution < -0.4 is 16.4 Å². The molecule has 3 aliphatic heterocycles. The Morgan fingerprint density at radius 1 is 0.554 bits per heavy atom.